The van der Waals surface area contributed by atoms with Gasteiger partial charge in [0.1, 0.15) is 0 Å². The summed E-state index contributed by atoms with van der Waals surface area (Å²) in [6.45, 7) is 7.09. The number of ether oxygens (including phenoxy) is 1. The van der Waals surface area contributed by atoms with E-state index in [-0.39, 0.29) is 17.7 Å². The molecule has 1 aromatic heterocycles. The van der Waals surface area contributed by atoms with Gasteiger partial charge in [-0.25, -0.2) is 4.79 Å². The average Bonchev–Trinajstić information content (AvgIpc) is 3.14. The zero-order valence-electron chi connectivity index (χ0n) is 15.9. The van der Waals surface area contributed by atoms with Crippen molar-refractivity contribution < 1.29 is 18.9 Å². The van der Waals surface area contributed by atoms with Crippen molar-refractivity contribution in [3.05, 3.63) is 69.2 Å². The van der Waals surface area contributed by atoms with Crippen LogP contribution in [0.3, 0.4) is 0 Å². The number of rotatable bonds is 5. The molecule has 0 fully saturated rings. The first kappa shape index (κ1) is 19.3. The first-order valence-corrected chi connectivity index (χ1v) is 8.70. The van der Waals surface area contributed by atoms with Crippen molar-refractivity contribution in [1.82, 2.24) is 15.5 Å². The molecule has 0 amide bonds. The minimum absolute atomic E-state index is 0.0761. The quantitative estimate of drug-likeness (QED) is 0.473. The van der Waals surface area contributed by atoms with Gasteiger partial charge in [0.2, 0.25) is 12.3 Å². The van der Waals surface area contributed by atoms with E-state index >= 15 is 0 Å². The molecule has 146 valence electrons. The van der Waals surface area contributed by atoms with E-state index in [0.717, 1.165) is 0 Å². The van der Waals surface area contributed by atoms with Crippen LogP contribution in [-0.4, -0.2) is 27.2 Å². The summed E-state index contributed by atoms with van der Waals surface area (Å²) in [4.78, 5) is 23.7. The van der Waals surface area contributed by atoms with Gasteiger partial charge in [-0.3, -0.25) is 10.1 Å². The number of dihydropyridines is 1. The van der Waals surface area contributed by atoms with E-state index < -0.39 is 16.8 Å². The summed E-state index contributed by atoms with van der Waals surface area (Å²) in [6.07, 6.45) is 0.870. The highest BCUT2D eigenvalue weighted by Gasteiger charge is 2.37. The second kappa shape index (κ2) is 7.63. The molecule has 1 aliphatic heterocycles. The number of carbonyl (C=O) groups excluding carboxylic acids is 1. The molecule has 0 bridgehead atoms. The second-order valence-corrected chi connectivity index (χ2v) is 6.69. The van der Waals surface area contributed by atoms with Crippen molar-refractivity contribution in [3.63, 3.8) is 0 Å². The summed E-state index contributed by atoms with van der Waals surface area (Å²) in [5.74, 6) is -0.947. The molecule has 0 saturated heterocycles. The number of nitro groups is 1. The fraction of sp³-hybridized carbons (Fsp3) is 0.316. The summed E-state index contributed by atoms with van der Waals surface area (Å²) in [5.41, 5.74) is 2.70. The van der Waals surface area contributed by atoms with E-state index in [4.69, 9.17) is 9.15 Å². The summed E-state index contributed by atoms with van der Waals surface area (Å²) < 4.78 is 10.8. The Balaban J connectivity index is 2.21. The van der Waals surface area contributed by atoms with Crippen LogP contribution in [0.4, 0.5) is 5.69 Å². The molecule has 2 aromatic rings. The standard InChI is InChI=1S/C19H20N4O5/c1-10(2)28-19(24)16-12(4)21-11(3)15(18-22-20-9-27-18)17(16)13-6-5-7-14(8-13)23(25)26/h5-10,17,21H,1-4H3. The lowest BCUT2D eigenvalue weighted by Crippen LogP contribution is -2.29. The lowest BCUT2D eigenvalue weighted by atomic mass is 9.80. The normalized spacial score (nSPS) is 17.0. The molecule has 9 heteroatoms. The van der Waals surface area contributed by atoms with Crippen LogP contribution in [-0.2, 0) is 9.53 Å². The molecule has 0 aliphatic carbocycles. The Morgan fingerprint density at radius 1 is 1.32 bits per heavy atom. The molecule has 1 aromatic carbocycles. The number of aromatic nitrogens is 2. The lowest BCUT2D eigenvalue weighted by molar-refractivity contribution is -0.384. The first-order chi connectivity index (χ1) is 13.3. The Hall–Kier alpha value is -3.49. The molecule has 0 radical (unpaired) electrons. The summed E-state index contributed by atoms with van der Waals surface area (Å²) in [7, 11) is 0. The highest BCUT2D eigenvalue weighted by atomic mass is 16.6. The van der Waals surface area contributed by atoms with Crippen LogP contribution in [0.15, 0.2) is 52.0 Å². The molecule has 28 heavy (non-hydrogen) atoms. The number of benzene rings is 1. The van der Waals surface area contributed by atoms with Gasteiger partial charge in [-0.1, -0.05) is 12.1 Å². The van der Waals surface area contributed by atoms with Crippen LogP contribution in [0.5, 0.6) is 0 Å². The fourth-order valence-electron chi connectivity index (χ4n) is 3.27. The van der Waals surface area contributed by atoms with Gasteiger partial charge in [-0.15, -0.1) is 10.2 Å². The molecule has 1 N–H and O–H groups in total. The number of non-ortho nitro benzene ring substituents is 1. The summed E-state index contributed by atoms with van der Waals surface area (Å²) in [5, 5.41) is 22.1. The van der Waals surface area contributed by atoms with Crippen LogP contribution in [0.2, 0.25) is 0 Å². The molecule has 1 unspecified atom stereocenters. The zero-order chi connectivity index (χ0) is 20.4. The van der Waals surface area contributed by atoms with Crippen LogP contribution in [0, 0.1) is 10.1 Å². The maximum absolute atomic E-state index is 12.9. The fourth-order valence-corrected chi connectivity index (χ4v) is 3.27. The van der Waals surface area contributed by atoms with Gasteiger partial charge >= 0.3 is 5.97 Å². The van der Waals surface area contributed by atoms with Crippen LogP contribution < -0.4 is 5.32 Å². The van der Waals surface area contributed by atoms with Crippen molar-refractivity contribution in [2.75, 3.05) is 0 Å². The highest BCUT2D eigenvalue weighted by Crippen LogP contribution is 2.43. The number of hydrogen-bond donors (Lipinski definition) is 1. The molecule has 1 atom stereocenters. The van der Waals surface area contributed by atoms with Crippen LogP contribution >= 0.6 is 0 Å². The third kappa shape index (κ3) is 3.64. The van der Waals surface area contributed by atoms with Crippen molar-refractivity contribution in [3.8, 4) is 0 Å². The number of nitro benzene ring substituents is 1. The molecule has 2 heterocycles. The van der Waals surface area contributed by atoms with E-state index in [0.29, 0.717) is 28.1 Å². The van der Waals surface area contributed by atoms with E-state index in [1.807, 2.05) is 6.92 Å². The second-order valence-electron chi connectivity index (χ2n) is 6.69. The van der Waals surface area contributed by atoms with Gasteiger partial charge in [0.15, 0.2) is 0 Å². The van der Waals surface area contributed by atoms with Crippen LogP contribution in [0.1, 0.15) is 45.1 Å². The molecule has 9 nitrogen and oxygen atoms in total. The number of nitrogens with zero attached hydrogens (tertiary/aromatic N) is 3. The van der Waals surface area contributed by atoms with Crippen molar-refractivity contribution in [2.45, 2.75) is 39.7 Å². The smallest absolute Gasteiger partial charge is 0.337 e. The molecule has 1 aliphatic rings. The van der Waals surface area contributed by atoms with E-state index in [9.17, 15) is 14.9 Å². The van der Waals surface area contributed by atoms with E-state index in [2.05, 4.69) is 15.5 Å². The average molecular weight is 384 g/mol. The Morgan fingerprint density at radius 3 is 2.68 bits per heavy atom. The minimum atomic E-state index is -0.659. The topological polar surface area (TPSA) is 120 Å². The maximum Gasteiger partial charge on any atom is 0.337 e. The minimum Gasteiger partial charge on any atom is -0.460 e. The van der Waals surface area contributed by atoms with Gasteiger partial charge in [-0.05, 0) is 33.3 Å². The van der Waals surface area contributed by atoms with Gasteiger partial charge in [-0.2, -0.15) is 0 Å². The van der Waals surface area contributed by atoms with Gasteiger partial charge in [0, 0.05) is 29.1 Å². The Labute approximate surface area is 161 Å². The third-order valence-electron chi connectivity index (χ3n) is 4.33. The van der Waals surface area contributed by atoms with Crippen LogP contribution in [0.25, 0.3) is 5.57 Å². The number of allylic oxidation sites excluding steroid dienone is 3. The zero-order valence-corrected chi connectivity index (χ0v) is 15.9. The van der Waals surface area contributed by atoms with Gasteiger partial charge < -0.3 is 14.5 Å². The maximum atomic E-state index is 12.9. The Bertz CT molecular complexity index is 976. The van der Waals surface area contributed by atoms with Crippen molar-refractivity contribution >= 4 is 17.2 Å². The highest BCUT2D eigenvalue weighted by molar-refractivity contribution is 5.97. The van der Waals surface area contributed by atoms with Crippen molar-refractivity contribution in [2.24, 2.45) is 0 Å². The Kier molecular flexibility index (Phi) is 5.25. The molecular formula is C19H20N4O5. The monoisotopic (exact) mass is 384 g/mol. The van der Waals surface area contributed by atoms with E-state index in [1.165, 1.54) is 18.5 Å². The third-order valence-corrected chi connectivity index (χ3v) is 4.33. The molecule has 3 rings (SSSR count). The first-order valence-electron chi connectivity index (χ1n) is 8.70. The predicted molar refractivity (Wildman–Crippen MR) is 99.8 cm³/mol. The van der Waals surface area contributed by atoms with Gasteiger partial charge in [0.25, 0.3) is 5.69 Å². The SMILES string of the molecule is CC1=C(C(=O)OC(C)C)C(c2cccc([N+](=O)[O-])c2)C(c2nnco2)=C(C)N1. The van der Waals surface area contributed by atoms with Crippen molar-refractivity contribution in [1.29, 1.82) is 0 Å². The largest absolute Gasteiger partial charge is 0.460 e. The number of nitrogens with one attached hydrogen (secondary N) is 1. The number of carbonyl (C=O) groups is 1. The predicted octanol–water partition coefficient (Wildman–Crippen LogP) is 3.32. The van der Waals surface area contributed by atoms with Gasteiger partial charge in [0.05, 0.1) is 22.5 Å². The molecular weight excluding hydrogens is 364 g/mol. The number of hydrogen-bond acceptors (Lipinski definition) is 8. The molecule has 0 saturated carbocycles. The number of esters is 1. The lowest BCUT2D eigenvalue weighted by Gasteiger charge is -2.30. The summed E-state index contributed by atoms with van der Waals surface area (Å²) in [6, 6.07) is 6.14. The van der Waals surface area contributed by atoms with E-state index in [1.54, 1.807) is 32.9 Å². The Morgan fingerprint density at radius 2 is 2.07 bits per heavy atom. The molecule has 0 spiro atoms. The summed E-state index contributed by atoms with van der Waals surface area (Å²) >= 11 is 0.